The van der Waals surface area contributed by atoms with Crippen LogP contribution in [0.4, 0.5) is 8.78 Å². The number of halogens is 2. The number of para-hydroxylation sites is 1. The van der Waals surface area contributed by atoms with Crippen molar-refractivity contribution in [3.05, 3.63) is 29.8 Å². The minimum absolute atomic E-state index is 0.138. The molecule has 0 radical (unpaired) electrons. The van der Waals surface area contributed by atoms with Crippen LogP contribution < -0.4 is 4.74 Å². The van der Waals surface area contributed by atoms with Crippen LogP contribution in [-0.2, 0) is 4.79 Å². The molecular formula is C16H17F2NO2. The van der Waals surface area contributed by atoms with Crippen molar-refractivity contribution in [3.8, 4) is 11.8 Å². The van der Waals surface area contributed by atoms with E-state index in [1.807, 2.05) is 6.07 Å². The predicted octanol–water partition coefficient (Wildman–Crippen LogP) is 3.70. The van der Waals surface area contributed by atoms with Gasteiger partial charge in [0.25, 0.3) is 0 Å². The Labute approximate surface area is 122 Å². The molecule has 0 aromatic heterocycles. The lowest BCUT2D eigenvalue weighted by Gasteiger charge is -2.28. The monoisotopic (exact) mass is 293 g/mol. The first kappa shape index (κ1) is 15.4. The largest absolute Gasteiger partial charge is 0.496 e. The number of nitrogens with zero attached hydrogens (tertiary/aromatic N) is 1. The van der Waals surface area contributed by atoms with Crippen molar-refractivity contribution < 1.29 is 18.3 Å². The van der Waals surface area contributed by atoms with Crippen LogP contribution in [0.15, 0.2) is 24.3 Å². The molecule has 1 saturated carbocycles. The molecule has 1 aromatic rings. The van der Waals surface area contributed by atoms with E-state index in [1.54, 1.807) is 24.3 Å². The highest BCUT2D eigenvalue weighted by atomic mass is 19.3. The van der Waals surface area contributed by atoms with E-state index in [0.717, 1.165) is 0 Å². The molecule has 0 aliphatic heterocycles. The average molecular weight is 293 g/mol. The second kappa shape index (κ2) is 6.21. The highest BCUT2D eigenvalue weighted by molar-refractivity contribution is 5.91. The third-order valence-corrected chi connectivity index (χ3v) is 3.98. The quantitative estimate of drug-likeness (QED) is 0.850. The van der Waals surface area contributed by atoms with E-state index in [1.165, 1.54) is 7.11 Å². The summed E-state index contributed by atoms with van der Waals surface area (Å²) in [5.74, 6) is -3.92. The molecular weight excluding hydrogens is 276 g/mol. The van der Waals surface area contributed by atoms with Crippen LogP contribution in [0.2, 0.25) is 0 Å². The Hall–Kier alpha value is -1.96. The van der Waals surface area contributed by atoms with E-state index >= 15 is 0 Å². The van der Waals surface area contributed by atoms with Gasteiger partial charge in [0.05, 0.1) is 13.2 Å². The summed E-state index contributed by atoms with van der Waals surface area (Å²) in [6.45, 7) is 0. The Morgan fingerprint density at radius 2 is 2.00 bits per heavy atom. The van der Waals surface area contributed by atoms with Crippen LogP contribution in [0.3, 0.4) is 0 Å². The molecule has 0 heterocycles. The summed E-state index contributed by atoms with van der Waals surface area (Å²) in [7, 11) is 1.47. The molecule has 0 bridgehead atoms. The second-order valence-electron chi connectivity index (χ2n) is 5.34. The summed E-state index contributed by atoms with van der Waals surface area (Å²) < 4.78 is 31.5. The van der Waals surface area contributed by atoms with Crippen LogP contribution in [0.1, 0.15) is 37.2 Å². The first-order valence-corrected chi connectivity index (χ1v) is 6.92. The number of hydrogen-bond donors (Lipinski definition) is 0. The van der Waals surface area contributed by atoms with E-state index in [0.29, 0.717) is 11.3 Å². The molecule has 1 aliphatic rings. The third kappa shape index (κ3) is 3.38. The lowest BCUT2D eigenvalue weighted by molar-refractivity contribution is -0.127. The van der Waals surface area contributed by atoms with E-state index in [-0.39, 0.29) is 31.5 Å². The van der Waals surface area contributed by atoms with Gasteiger partial charge >= 0.3 is 0 Å². The zero-order valence-electron chi connectivity index (χ0n) is 11.8. The van der Waals surface area contributed by atoms with Gasteiger partial charge < -0.3 is 4.74 Å². The minimum atomic E-state index is -2.68. The maximum Gasteiger partial charge on any atom is 0.248 e. The number of ketones is 1. The Balaban J connectivity index is 2.18. The van der Waals surface area contributed by atoms with Crippen LogP contribution in [0, 0.1) is 17.2 Å². The standard InChI is InChI=1S/C16H17F2NO2/c1-21-14-5-3-2-4-12(14)13(10-19)15(20)11-6-8-16(17,18)9-7-11/h2-5,11,13H,6-9H2,1H3. The van der Waals surface area contributed by atoms with Gasteiger partial charge in [-0.25, -0.2) is 8.78 Å². The van der Waals surface area contributed by atoms with Crippen LogP contribution in [0.5, 0.6) is 5.75 Å². The second-order valence-corrected chi connectivity index (χ2v) is 5.34. The molecule has 0 saturated heterocycles. The lowest BCUT2D eigenvalue weighted by atomic mass is 9.78. The zero-order valence-corrected chi connectivity index (χ0v) is 11.8. The number of carbonyl (C=O) groups excluding carboxylic acids is 1. The van der Waals surface area contributed by atoms with Crippen molar-refractivity contribution in [1.82, 2.24) is 0 Å². The number of benzene rings is 1. The fourth-order valence-corrected chi connectivity index (χ4v) is 2.75. The molecule has 3 nitrogen and oxygen atoms in total. The fourth-order valence-electron chi connectivity index (χ4n) is 2.75. The number of carbonyl (C=O) groups is 1. The summed E-state index contributed by atoms with van der Waals surface area (Å²) in [6, 6.07) is 8.82. The lowest BCUT2D eigenvalue weighted by Crippen LogP contribution is -2.31. The van der Waals surface area contributed by atoms with E-state index in [2.05, 4.69) is 0 Å². The Morgan fingerprint density at radius 3 is 2.57 bits per heavy atom. The Kier molecular flexibility index (Phi) is 4.56. The van der Waals surface area contributed by atoms with Crippen LogP contribution in [0.25, 0.3) is 0 Å². The summed E-state index contributed by atoms with van der Waals surface area (Å²) in [5, 5.41) is 9.33. The Morgan fingerprint density at radius 1 is 1.38 bits per heavy atom. The van der Waals surface area contributed by atoms with Crippen molar-refractivity contribution in [1.29, 1.82) is 5.26 Å². The maximum atomic E-state index is 13.2. The molecule has 21 heavy (non-hydrogen) atoms. The van der Waals surface area contributed by atoms with Crippen molar-refractivity contribution in [2.75, 3.05) is 7.11 Å². The first-order valence-electron chi connectivity index (χ1n) is 6.92. The normalized spacial score (nSPS) is 19.5. The molecule has 0 spiro atoms. The summed E-state index contributed by atoms with van der Waals surface area (Å²) in [5.41, 5.74) is 0.504. The van der Waals surface area contributed by atoms with E-state index in [4.69, 9.17) is 4.74 Å². The van der Waals surface area contributed by atoms with Gasteiger partial charge in [-0.2, -0.15) is 5.26 Å². The number of methoxy groups -OCH3 is 1. The minimum Gasteiger partial charge on any atom is -0.496 e. The molecule has 0 N–H and O–H groups in total. The molecule has 2 rings (SSSR count). The van der Waals surface area contributed by atoms with Crippen molar-refractivity contribution in [2.45, 2.75) is 37.5 Å². The first-order chi connectivity index (χ1) is 9.98. The molecule has 5 heteroatoms. The van der Waals surface area contributed by atoms with Gasteiger partial charge in [0.2, 0.25) is 5.92 Å². The van der Waals surface area contributed by atoms with Gasteiger partial charge in [-0.3, -0.25) is 4.79 Å². The smallest absolute Gasteiger partial charge is 0.248 e. The molecule has 1 aliphatic carbocycles. The van der Waals surface area contributed by atoms with Crippen LogP contribution in [-0.4, -0.2) is 18.8 Å². The SMILES string of the molecule is COc1ccccc1C(C#N)C(=O)C1CCC(F)(F)CC1. The van der Waals surface area contributed by atoms with Crippen molar-refractivity contribution in [3.63, 3.8) is 0 Å². The summed E-state index contributed by atoms with van der Waals surface area (Å²) in [6.07, 6.45) is -0.292. The topological polar surface area (TPSA) is 50.1 Å². The van der Waals surface area contributed by atoms with Gasteiger partial charge in [-0.05, 0) is 18.9 Å². The summed E-state index contributed by atoms with van der Waals surface area (Å²) >= 11 is 0. The molecule has 1 atom stereocenters. The maximum absolute atomic E-state index is 13.2. The molecule has 1 unspecified atom stereocenters. The van der Waals surface area contributed by atoms with Gasteiger partial charge in [-0.15, -0.1) is 0 Å². The highest BCUT2D eigenvalue weighted by Crippen LogP contribution is 2.39. The van der Waals surface area contributed by atoms with E-state index < -0.39 is 17.8 Å². The Bertz CT molecular complexity index is 556. The molecule has 1 fully saturated rings. The van der Waals surface area contributed by atoms with Gasteiger partial charge in [0.15, 0.2) is 5.78 Å². The van der Waals surface area contributed by atoms with Crippen molar-refractivity contribution >= 4 is 5.78 Å². The number of Topliss-reactive ketones (excluding diaryl/α,β-unsaturated/α-hetero) is 1. The number of hydrogen-bond acceptors (Lipinski definition) is 3. The van der Waals surface area contributed by atoms with E-state index in [9.17, 15) is 18.8 Å². The van der Waals surface area contributed by atoms with Crippen molar-refractivity contribution in [2.24, 2.45) is 5.92 Å². The predicted molar refractivity (Wildman–Crippen MR) is 73.3 cm³/mol. The number of nitriles is 1. The van der Waals surface area contributed by atoms with Crippen LogP contribution >= 0.6 is 0 Å². The summed E-state index contributed by atoms with van der Waals surface area (Å²) in [4.78, 5) is 12.5. The number of rotatable bonds is 4. The molecule has 1 aromatic carbocycles. The van der Waals surface area contributed by atoms with Gasteiger partial charge in [-0.1, -0.05) is 18.2 Å². The zero-order chi connectivity index (χ0) is 15.5. The third-order valence-electron chi connectivity index (χ3n) is 3.98. The molecule has 0 amide bonds. The highest BCUT2D eigenvalue weighted by Gasteiger charge is 2.39. The average Bonchev–Trinajstić information content (AvgIpc) is 2.48. The fraction of sp³-hybridized carbons (Fsp3) is 0.500. The van der Waals surface area contributed by atoms with Gasteiger partial charge in [0.1, 0.15) is 11.7 Å². The number of ether oxygens (including phenoxy) is 1. The molecule has 112 valence electrons. The van der Waals surface area contributed by atoms with Gasteiger partial charge in [0, 0.05) is 24.3 Å². The number of alkyl halides is 2.